The lowest BCUT2D eigenvalue weighted by molar-refractivity contribution is 0.0369. The van der Waals surface area contributed by atoms with Crippen molar-refractivity contribution in [2.75, 3.05) is 32.8 Å². The van der Waals surface area contributed by atoms with Crippen LogP contribution < -0.4 is 5.73 Å². The van der Waals surface area contributed by atoms with E-state index in [0.717, 1.165) is 45.7 Å². The highest BCUT2D eigenvalue weighted by molar-refractivity contribution is 5.82. The molecule has 0 aromatic carbocycles. The van der Waals surface area contributed by atoms with Gasteiger partial charge in [0.1, 0.15) is 0 Å². The van der Waals surface area contributed by atoms with E-state index in [4.69, 9.17) is 15.9 Å². The maximum atomic E-state index is 7.48. The number of nitrogens with two attached hydrogens (primary N) is 1. The van der Waals surface area contributed by atoms with Crippen molar-refractivity contribution in [3.8, 4) is 0 Å². The van der Waals surface area contributed by atoms with Gasteiger partial charge in [-0.3, -0.25) is 10.3 Å². The lowest BCUT2D eigenvalue weighted by atomic mass is 9.86. The summed E-state index contributed by atoms with van der Waals surface area (Å²) in [5, 5.41) is 7.48. The predicted octanol–water partition coefficient (Wildman–Crippen LogP) is 1.45. The van der Waals surface area contributed by atoms with Crippen molar-refractivity contribution in [2.24, 2.45) is 11.1 Å². The van der Waals surface area contributed by atoms with Crippen LogP contribution in [-0.2, 0) is 4.74 Å². The Morgan fingerprint density at radius 2 is 1.94 bits per heavy atom. The van der Waals surface area contributed by atoms with Crippen LogP contribution in [0.5, 0.6) is 0 Å². The Bertz CT molecular complexity index is 222. The second-order valence-electron chi connectivity index (χ2n) is 5.21. The number of hydrogen-bond acceptors (Lipinski definition) is 3. The van der Waals surface area contributed by atoms with E-state index in [0.29, 0.717) is 5.84 Å². The molecular weight excluding hydrogens is 202 g/mol. The van der Waals surface area contributed by atoms with Crippen molar-refractivity contribution in [3.63, 3.8) is 0 Å². The summed E-state index contributed by atoms with van der Waals surface area (Å²) in [6.07, 6.45) is 3.34. The Hall–Kier alpha value is -0.610. The zero-order chi connectivity index (χ0) is 12.0. The zero-order valence-corrected chi connectivity index (χ0v) is 10.6. The minimum absolute atomic E-state index is 0.134. The zero-order valence-electron chi connectivity index (χ0n) is 10.6. The maximum Gasteiger partial charge on any atom is 0.0963 e. The fourth-order valence-electron chi connectivity index (χ4n) is 1.86. The normalized spacial score (nSPS) is 18.6. The Labute approximate surface area is 98.6 Å². The molecule has 4 heteroatoms. The van der Waals surface area contributed by atoms with E-state index in [9.17, 15) is 0 Å². The molecule has 1 saturated heterocycles. The molecule has 1 aliphatic rings. The molecule has 0 aliphatic carbocycles. The van der Waals surface area contributed by atoms with E-state index >= 15 is 0 Å². The van der Waals surface area contributed by atoms with Crippen LogP contribution >= 0.6 is 0 Å². The third-order valence-corrected chi connectivity index (χ3v) is 3.36. The molecule has 1 fully saturated rings. The number of hydrogen-bond donors (Lipinski definition) is 2. The summed E-state index contributed by atoms with van der Waals surface area (Å²) in [5.41, 5.74) is 5.42. The van der Waals surface area contributed by atoms with Gasteiger partial charge in [-0.25, -0.2) is 0 Å². The monoisotopic (exact) mass is 227 g/mol. The van der Waals surface area contributed by atoms with E-state index in [1.807, 2.05) is 13.8 Å². The van der Waals surface area contributed by atoms with Crippen molar-refractivity contribution in [3.05, 3.63) is 0 Å². The Morgan fingerprint density at radius 1 is 1.31 bits per heavy atom. The molecule has 3 N–H and O–H groups in total. The van der Waals surface area contributed by atoms with Crippen molar-refractivity contribution < 1.29 is 4.74 Å². The molecule has 1 heterocycles. The van der Waals surface area contributed by atoms with E-state index < -0.39 is 0 Å². The SMILES string of the molecule is CC(C)(CCCCN1CCOCC1)C(=N)N. The quantitative estimate of drug-likeness (QED) is 0.410. The first-order valence-corrected chi connectivity index (χ1v) is 6.17. The highest BCUT2D eigenvalue weighted by Gasteiger charge is 2.20. The average Bonchev–Trinajstić information content (AvgIpc) is 2.26. The Kier molecular flexibility index (Phi) is 5.22. The fraction of sp³-hybridized carbons (Fsp3) is 0.917. The standard InChI is InChI=1S/C12H25N3O/c1-12(2,11(13)14)5-3-4-6-15-7-9-16-10-8-15/h3-10H2,1-2H3,(H3,13,14). The fourth-order valence-corrected chi connectivity index (χ4v) is 1.86. The van der Waals surface area contributed by atoms with E-state index in [1.54, 1.807) is 0 Å². The molecule has 4 nitrogen and oxygen atoms in total. The molecule has 0 aromatic heterocycles. The highest BCUT2D eigenvalue weighted by Crippen LogP contribution is 2.22. The second-order valence-corrected chi connectivity index (χ2v) is 5.21. The van der Waals surface area contributed by atoms with Crippen LogP contribution in [0.15, 0.2) is 0 Å². The Morgan fingerprint density at radius 3 is 2.50 bits per heavy atom. The van der Waals surface area contributed by atoms with E-state index in [1.165, 1.54) is 6.42 Å². The first-order chi connectivity index (χ1) is 7.52. The van der Waals surface area contributed by atoms with Gasteiger partial charge >= 0.3 is 0 Å². The molecule has 94 valence electrons. The topological polar surface area (TPSA) is 62.3 Å². The van der Waals surface area contributed by atoms with Gasteiger partial charge in [0.15, 0.2) is 0 Å². The van der Waals surface area contributed by atoms with Crippen LogP contribution in [0.2, 0.25) is 0 Å². The molecule has 0 aromatic rings. The van der Waals surface area contributed by atoms with Crippen LogP contribution in [0.3, 0.4) is 0 Å². The van der Waals surface area contributed by atoms with Gasteiger partial charge in [0.25, 0.3) is 0 Å². The average molecular weight is 227 g/mol. The lowest BCUT2D eigenvalue weighted by Gasteiger charge is -2.27. The van der Waals surface area contributed by atoms with Crippen LogP contribution in [0.25, 0.3) is 0 Å². The molecule has 0 atom stereocenters. The van der Waals surface area contributed by atoms with Gasteiger partial charge in [-0.2, -0.15) is 0 Å². The summed E-state index contributed by atoms with van der Waals surface area (Å²) in [6.45, 7) is 9.12. The van der Waals surface area contributed by atoms with E-state index in [2.05, 4.69) is 4.90 Å². The molecule has 0 spiro atoms. The molecule has 0 unspecified atom stereocenters. The van der Waals surface area contributed by atoms with Gasteiger partial charge in [0.05, 0.1) is 19.0 Å². The number of amidine groups is 1. The molecular formula is C12H25N3O. The van der Waals surface area contributed by atoms with E-state index in [-0.39, 0.29) is 5.41 Å². The molecule has 1 rings (SSSR count). The summed E-state index contributed by atoms with van der Waals surface area (Å²) in [4.78, 5) is 2.45. The summed E-state index contributed by atoms with van der Waals surface area (Å²) < 4.78 is 5.31. The molecule has 0 saturated carbocycles. The van der Waals surface area contributed by atoms with Crippen LogP contribution in [0.4, 0.5) is 0 Å². The van der Waals surface area contributed by atoms with Gasteiger partial charge in [-0.1, -0.05) is 20.3 Å². The largest absolute Gasteiger partial charge is 0.387 e. The molecule has 0 bridgehead atoms. The summed E-state index contributed by atoms with van der Waals surface area (Å²) in [5.74, 6) is 0.305. The van der Waals surface area contributed by atoms with Gasteiger partial charge < -0.3 is 10.5 Å². The Balaban J connectivity index is 2.09. The van der Waals surface area contributed by atoms with Crippen LogP contribution in [0, 0.1) is 10.8 Å². The molecule has 0 radical (unpaired) electrons. The van der Waals surface area contributed by atoms with Gasteiger partial charge in [-0.05, 0) is 19.4 Å². The predicted molar refractivity (Wildman–Crippen MR) is 66.8 cm³/mol. The molecule has 1 aliphatic heterocycles. The number of nitrogens with zero attached hydrogens (tertiary/aromatic N) is 1. The smallest absolute Gasteiger partial charge is 0.0963 e. The third-order valence-electron chi connectivity index (χ3n) is 3.36. The highest BCUT2D eigenvalue weighted by atomic mass is 16.5. The second kappa shape index (κ2) is 6.21. The van der Waals surface area contributed by atoms with Gasteiger partial charge in [0.2, 0.25) is 0 Å². The summed E-state index contributed by atoms with van der Waals surface area (Å²) >= 11 is 0. The van der Waals surface area contributed by atoms with Crippen molar-refractivity contribution >= 4 is 5.84 Å². The first kappa shape index (κ1) is 13.5. The van der Waals surface area contributed by atoms with Crippen molar-refractivity contribution in [1.29, 1.82) is 5.41 Å². The number of rotatable bonds is 6. The van der Waals surface area contributed by atoms with Crippen molar-refractivity contribution in [1.82, 2.24) is 4.90 Å². The van der Waals surface area contributed by atoms with Gasteiger partial charge in [-0.15, -0.1) is 0 Å². The number of ether oxygens (including phenoxy) is 1. The van der Waals surface area contributed by atoms with Crippen molar-refractivity contribution in [2.45, 2.75) is 33.1 Å². The van der Waals surface area contributed by atoms with Gasteiger partial charge in [0, 0.05) is 18.5 Å². The lowest BCUT2D eigenvalue weighted by Crippen LogP contribution is -2.37. The number of morpholine rings is 1. The first-order valence-electron chi connectivity index (χ1n) is 6.17. The summed E-state index contributed by atoms with van der Waals surface area (Å²) in [6, 6.07) is 0. The molecule has 0 amide bonds. The van der Waals surface area contributed by atoms with Crippen LogP contribution in [0.1, 0.15) is 33.1 Å². The number of nitrogens with one attached hydrogen (secondary N) is 1. The van der Waals surface area contributed by atoms with Crippen LogP contribution in [-0.4, -0.2) is 43.6 Å². The molecule has 16 heavy (non-hydrogen) atoms. The number of unbranched alkanes of at least 4 members (excludes halogenated alkanes) is 1. The minimum atomic E-state index is -0.134. The summed E-state index contributed by atoms with van der Waals surface area (Å²) in [7, 11) is 0. The third kappa shape index (κ3) is 4.49. The minimum Gasteiger partial charge on any atom is -0.387 e. The maximum absolute atomic E-state index is 7.48.